The maximum atomic E-state index is 13.1. The van der Waals surface area contributed by atoms with Crippen LogP contribution in [0.5, 0.6) is 5.75 Å². The molecule has 17 heavy (non-hydrogen) atoms. The van der Waals surface area contributed by atoms with Crippen LogP contribution in [0.1, 0.15) is 19.3 Å². The van der Waals surface area contributed by atoms with E-state index in [0.29, 0.717) is 11.7 Å². The molecule has 0 heterocycles. The molecular formula is C14H20FNO. The summed E-state index contributed by atoms with van der Waals surface area (Å²) in [6, 6.07) is 6.43. The zero-order valence-corrected chi connectivity index (χ0v) is 10.5. The molecule has 0 amide bonds. The van der Waals surface area contributed by atoms with E-state index in [1.807, 2.05) is 6.07 Å². The third-order valence-corrected chi connectivity index (χ3v) is 3.09. The Bertz CT molecular complexity index is 363. The van der Waals surface area contributed by atoms with E-state index in [2.05, 4.69) is 19.0 Å². The van der Waals surface area contributed by atoms with Crippen LogP contribution in [-0.2, 0) is 0 Å². The molecule has 1 saturated carbocycles. The van der Waals surface area contributed by atoms with E-state index in [9.17, 15) is 4.39 Å². The third-order valence-electron chi connectivity index (χ3n) is 3.09. The second kappa shape index (κ2) is 5.50. The van der Waals surface area contributed by atoms with E-state index < -0.39 is 0 Å². The lowest BCUT2D eigenvalue weighted by atomic mass is 10.1. The highest BCUT2D eigenvalue weighted by atomic mass is 19.1. The van der Waals surface area contributed by atoms with Crippen molar-refractivity contribution in [3.05, 3.63) is 30.1 Å². The van der Waals surface area contributed by atoms with E-state index in [1.165, 1.54) is 25.0 Å². The van der Waals surface area contributed by atoms with Crippen molar-refractivity contribution in [1.82, 2.24) is 4.90 Å². The van der Waals surface area contributed by atoms with Crippen molar-refractivity contribution in [3.63, 3.8) is 0 Å². The predicted molar refractivity (Wildman–Crippen MR) is 66.7 cm³/mol. The Hall–Kier alpha value is -1.09. The van der Waals surface area contributed by atoms with Gasteiger partial charge in [-0.25, -0.2) is 4.39 Å². The summed E-state index contributed by atoms with van der Waals surface area (Å²) in [4.78, 5) is 2.16. The number of rotatable bonds is 6. The van der Waals surface area contributed by atoms with Gasteiger partial charge in [-0.1, -0.05) is 6.07 Å². The Balaban J connectivity index is 1.93. The van der Waals surface area contributed by atoms with Crippen LogP contribution < -0.4 is 4.74 Å². The first-order chi connectivity index (χ1) is 8.15. The number of ether oxygens (including phenoxy) is 1. The minimum atomic E-state index is -0.232. The summed E-state index contributed by atoms with van der Waals surface area (Å²) in [5.74, 6) is 1.09. The third kappa shape index (κ3) is 4.00. The van der Waals surface area contributed by atoms with E-state index in [-0.39, 0.29) is 11.9 Å². The summed E-state index contributed by atoms with van der Waals surface area (Å²) in [5.41, 5.74) is 0. The molecule has 0 N–H and O–H groups in total. The molecule has 1 unspecified atom stereocenters. The van der Waals surface area contributed by atoms with E-state index in [0.717, 1.165) is 13.0 Å². The molecule has 0 radical (unpaired) electrons. The Morgan fingerprint density at radius 2 is 2.18 bits per heavy atom. The Morgan fingerprint density at radius 3 is 2.76 bits per heavy atom. The Kier molecular flexibility index (Phi) is 4.00. The molecule has 2 rings (SSSR count). The van der Waals surface area contributed by atoms with Crippen LogP contribution in [0.25, 0.3) is 0 Å². The van der Waals surface area contributed by atoms with Crippen molar-refractivity contribution in [3.8, 4) is 5.75 Å². The monoisotopic (exact) mass is 237 g/mol. The molecule has 1 aliphatic rings. The van der Waals surface area contributed by atoms with Gasteiger partial charge in [0.25, 0.3) is 0 Å². The molecule has 0 saturated heterocycles. The van der Waals surface area contributed by atoms with E-state index >= 15 is 0 Å². The van der Waals surface area contributed by atoms with Crippen molar-refractivity contribution in [1.29, 1.82) is 0 Å². The van der Waals surface area contributed by atoms with Crippen LogP contribution in [0.4, 0.5) is 4.39 Å². The quantitative estimate of drug-likeness (QED) is 0.754. The lowest BCUT2D eigenvalue weighted by Gasteiger charge is -2.20. The van der Waals surface area contributed by atoms with Crippen molar-refractivity contribution >= 4 is 0 Å². The summed E-state index contributed by atoms with van der Waals surface area (Å²) in [6.07, 6.45) is 3.73. The molecule has 1 aliphatic carbocycles. The highest BCUT2D eigenvalue weighted by molar-refractivity contribution is 5.22. The summed E-state index contributed by atoms with van der Waals surface area (Å²) in [6.45, 7) is 1.01. The maximum Gasteiger partial charge on any atom is 0.126 e. The minimum absolute atomic E-state index is 0.232. The first-order valence-corrected chi connectivity index (χ1v) is 6.22. The van der Waals surface area contributed by atoms with Crippen LogP contribution in [-0.4, -0.2) is 31.6 Å². The summed E-state index contributed by atoms with van der Waals surface area (Å²) < 4.78 is 19.0. The van der Waals surface area contributed by atoms with Crippen molar-refractivity contribution in [2.24, 2.45) is 5.92 Å². The van der Waals surface area contributed by atoms with Crippen molar-refractivity contribution in [2.75, 3.05) is 20.6 Å². The molecule has 1 aromatic carbocycles. The lowest BCUT2D eigenvalue weighted by molar-refractivity contribution is 0.155. The highest BCUT2D eigenvalue weighted by Gasteiger charge is 2.32. The van der Waals surface area contributed by atoms with Gasteiger partial charge < -0.3 is 9.64 Å². The van der Waals surface area contributed by atoms with Crippen LogP contribution in [0.2, 0.25) is 0 Å². The molecule has 94 valence electrons. The molecular weight excluding hydrogens is 217 g/mol. The van der Waals surface area contributed by atoms with Crippen molar-refractivity contribution in [2.45, 2.75) is 25.4 Å². The number of halogens is 1. The van der Waals surface area contributed by atoms with Gasteiger partial charge in [0.05, 0.1) is 0 Å². The van der Waals surface area contributed by atoms with Gasteiger partial charge in [-0.15, -0.1) is 0 Å². The van der Waals surface area contributed by atoms with Crippen LogP contribution in [0.3, 0.4) is 0 Å². The normalized spacial score (nSPS) is 17.2. The number of hydrogen-bond acceptors (Lipinski definition) is 2. The van der Waals surface area contributed by atoms with Gasteiger partial charge in [0.15, 0.2) is 0 Å². The molecule has 0 bridgehead atoms. The van der Waals surface area contributed by atoms with Gasteiger partial charge in [0.1, 0.15) is 17.7 Å². The Morgan fingerprint density at radius 1 is 1.41 bits per heavy atom. The van der Waals surface area contributed by atoms with Gasteiger partial charge in [-0.2, -0.15) is 0 Å². The smallest absolute Gasteiger partial charge is 0.126 e. The zero-order chi connectivity index (χ0) is 12.3. The van der Waals surface area contributed by atoms with Gasteiger partial charge >= 0.3 is 0 Å². The fraction of sp³-hybridized carbons (Fsp3) is 0.571. The molecule has 1 aromatic rings. The average molecular weight is 237 g/mol. The zero-order valence-electron chi connectivity index (χ0n) is 10.5. The first kappa shape index (κ1) is 12.4. The number of hydrogen-bond donors (Lipinski definition) is 0. The molecule has 0 spiro atoms. The second-order valence-corrected chi connectivity index (χ2v) is 5.04. The Labute approximate surface area is 102 Å². The van der Waals surface area contributed by atoms with Crippen molar-refractivity contribution < 1.29 is 9.13 Å². The largest absolute Gasteiger partial charge is 0.490 e. The van der Waals surface area contributed by atoms with E-state index in [1.54, 1.807) is 6.07 Å². The van der Waals surface area contributed by atoms with Gasteiger partial charge in [0.2, 0.25) is 0 Å². The molecule has 0 aliphatic heterocycles. The maximum absolute atomic E-state index is 13.1. The molecule has 0 aromatic heterocycles. The van der Waals surface area contributed by atoms with Crippen LogP contribution >= 0.6 is 0 Å². The second-order valence-electron chi connectivity index (χ2n) is 5.04. The molecule has 2 nitrogen and oxygen atoms in total. The standard InChI is InChI=1S/C14H20FNO/c1-16(2)9-8-14(11-6-7-11)17-13-5-3-4-12(15)10-13/h3-5,10-11,14H,6-9H2,1-2H3. The first-order valence-electron chi connectivity index (χ1n) is 6.22. The summed E-state index contributed by atoms with van der Waals surface area (Å²) in [7, 11) is 4.12. The number of nitrogens with zero attached hydrogens (tertiary/aromatic N) is 1. The fourth-order valence-electron chi connectivity index (χ4n) is 1.96. The van der Waals surface area contributed by atoms with Gasteiger partial charge in [0, 0.05) is 12.6 Å². The topological polar surface area (TPSA) is 12.5 Å². The van der Waals surface area contributed by atoms with Gasteiger partial charge in [-0.3, -0.25) is 0 Å². The summed E-state index contributed by atoms with van der Waals surface area (Å²) >= 11 is 0. The number of benzene rings is 1. The fourth-order valence-corrected chi connectivity index (χ4v) is 1.96. The summed E-state index contributed by atoms with van der Waals surface area (Å²) in [5, 5.41) is 0. The highest BCUT2D eigenvalue weighted by Crippen LogP contribution is 2.36. The van der Waals surface area contributed by atoms with Crippen LogP contribution in [0.15, 0.2) is 24.3 Å². The molecule has 3 heteroatoms. The molecule has 1 fully saturated rings. The minimum Gasteiger partial charge on any atom is -0.490 e. The predicted octanol–water partition coefficient (Wildman–Crippen LogP) is 2.93. The average Bonchev–Trinajstić information content (AvgIpc) is 3.07. The van der Waals surface area contributed by atoms with Crippen LogP contribution in [0, 0.1) is 11.7 Å². The molecule has 1 atom stereocenters. The van der Waals surface area contributed by atoms with Gasteiger partial charge in [-0.05, 0) is 51.4 Å². The SMILES string of the molecule is CN(C)CCC(Oc1cccc(F)c1)C1CC1. The van der Waals surface area contributed by atoms with E-state index in [4.69, 9.17) is 4.74 Å². The lowest BCUT2D eigenvalue weighted by Crippen LogP contribution is -2.25.